The number of carbonyl (C=O) groups excluding carboxylic acids is 3. The Labute approximate surface area is 259 Å². The van der Waals surface area contributed by atoms with Crippen molar-refractivity contribution in [2.24, 2.45) is 23.7 Å². The Morgan fingerprint density at radius 1 is 1.02 bits per heavy atom. The van der Waals surface area contributed by atoms with Gasteiger partial charge in [-0.15, -0.1) is 0 Å². The van der Waals surface area contributed by atoms with Gasteiger partial charge in [0.1, 0.15) is 11.5 Å². The quantitative estimate of drug-likeness (QED) is 0.532. The van der Waals surface area contributed by atoms with Gasteiger partial charge in [0.15, 0.2) is 0 Å². The zero-order valence-corrected chi connectivity index (χ0v) is 26.0. The van der Waals surface area contributed by atoms with Gasteiger partial charge in [-0.3, -0.25) is 19.3 Å². The lowest BCUT2D eigenvalue weighted by atomic mass is 9.79. The van der Waals surface area contributed by atoms with Crippen LogP contribution in [0, 0.1) is 29.5 Å². The topological polar surface area (TPSA) is 104 Å². The van der Waals surface area contributed by atoms with Crippen molar-refractivity contribution >= 4 is 17.7 Å². The summed E-state index contributed by atoms with van der Waals surface area (Å²) >= 11 is 0. The lowest BCUT2D eigenvalue weighted by Gasteiger charge is -2.41. The molecule has 2 fully saturated rings. The van der Waals surface area contributed by atoms with Gasteiger partial charge in [-0.1, -0.05) is 24.3 Å². The number of benzene rings is 1. The number of aromatic nitrogens is 1. The number of fused-ring (bicyclic) bond motifs is 5. The van der Waals surface area contributed by atoms with Gasteiger partial charge in [0.25, 0.3) is 5.91 Å². The molecule has 4 bridgehead atoms. The summed E-state index contributed by atoms with van der Waals surface area (Å²) in [7, 11) is 0. The summed E-state index contributed by atoms with van der Waals surface area (Å²) < 4.78 is 20.4. The van der Waals surface area contributed by atoms with Gasteiger partial charge in [-0.25, -0.2) is 9.37 Å². The molecule has 1 aromatic heterocycles. The second-order valence-electron chi connectivity index (χ2n) is 13.0. The van der Waals surface area contributed by atoms with Crippen LogP contribution in [-0.4, -0.2) is 77.9 Å². The van der Waals surface area contributed by atoms with Crippen LogP contribution in [-0.2, 0) is 16.1 Å². The minimum Gasteiger partial charge on any atom is -0.478 e. The number of nitrogens with one attached hydrogen (secondary N) is 2. The van der Waals surface area contributed by atoms with Crippen LogP contribution >= 0.6 is 0 Å². The van der Waals surface area contributed by atoms with E-state index in [4.69, 9.17) is 4.74 Å². The van der Waals surface area contributed by atoms with E-state index in [1.807, 2.05) is 30.9 Å². The second kappa shape index (κ2) is 15.0. The van der Waals surface area contributed by atoms with E-state index in [2.05, 4.69) is 20.5 Å². The first-order valence-corrected chi connectivity index (χ1v) is 16.2. The molecule has 10 heteroatoms. The van der Waals surface area contributed by atoms with Crippen molar-refractivity contribution in [2.75, 3.05) is 39.3 Å². The summed E-state index contributed by atoms with van der Waals surface area (Å²) in [5.74, 6) is 0.731. The molecular formula is C34H46FN5O4. The third-order valence-corrected chi connectivity index (χ3v) is 9.40. The number of likely N-dealkylation sites (tertiary alicyclic amines) is 1. The van der Waals surface area contributed by atoms with Gasteiger partial charge >= 0.3 is 0 Å². The number of amides is 3. The van der Waals surface area contributed by atoms with Crippen molar-refractivity contribution in [3.8, 4) is 5.88 Å². The van der Waals surface area contributed by atoms with E-state index >= 15 is 0 Å². The highest BCUT2D eigenvalue weighted by Gasteiger charge is 2.36. The number of piperidine rings is 2. The van der Waals surface area contributed by atoms with Crippen LogP contribution in [0.4, 0.5) is 4.39 Å². The Balaban J connectivity index is 1.33. The molecule has 0 radical (unpaired) electrons. The molecule has 0 aliphatic carbocycles. The second-order valence-corrected chi connectivity index (χ2v) is 13.0. The third kappa shape index (κ3) is 8.55. The Morgan fingerprint density at radius 2 is 1.86 bits per heavy atom. The molecule has 0 saturated carbocycles. The molecule has 2 N–H and O–H groups in total. The number of rotatable bonds is 5. The molecule has 2 saturated heterocycles. The average molecular weight is 608 g/mol. The first-order valence-electron chi connectivity index (χ1n) is 16.2. The third-order valence-electron chi connectivity index (χ3n) is 9.40. The van der Waals surface area contributed by atoms with Crippen LogP contribution in [0.15, 0.2) is 42.5 Å². The number of ether oxygens (including phenoxy) is 1. The Kier molecular flexibility index (Phi) is 10.8. The van der Waals surface area contributed by atoms with Gasteiger partial charge in [-0.2, -0.15) is 0 Å². The van der Waals surface area contributed by atoms with Gasteiger partial charge in [0.05, 0.1) is 6.61 Å². The molecule has 3 aliphatic rings. The van der Waals surface area contributed by atoms with Crippen molar-refractivity contribution in [3.63, 3.8) is 0 Å². The molecule has 3 aliphatic heterocycles. The molecule has 9 nitrogen and oxygen atoms in total. The fraction of sp³-hybridized carbons (Fsp3) is 0.588. The molecule has 2 aromatic rings. The lowest BCUT2D eigenvalue weighted by Crippen LogP contribution is -2.47. The van der Waals surface area contributed by atoms with E-state index in [0.29, 0.717) is 75.6 Å². The van der Waals surface area contributed by atoms with E-state index < -0.39 is 0 Å². The van der Waals surface area contributed by atoms with Crippen molar-refractivity contribution in [2.45, 2.75) is 65.0 Å². The molecule has 4 heterocycles. The molecule has 1 aromatic carbocycles. The van der Waals surface area contributed by atoms with Gasteiger partial charge in [-0.05, 0) is 81.9 Å². The van der Waals surface area contributed by atoms with E-state index in [1.165, 1.54) is 6.07 Å². The fourth-order valence-electron chi connectivity index (χ4n) is 7.04. The minimum atomic E-state index is -0.260. The lowest BCUT2D eigenvalue weighted by molar-refractivity contribution is -0.136. The van der Waals surface area contributed by atoms with E-state index in [-0.39, 0.29) is 53.3 Å². The summed E-state index contributed by atoms with van der Waals surface area (Å²) in [6, 6.07) is 12.1. The first kappa shape index (κ1) is 31.9. The number of hydrogen-bond donors (Lipinski definition) is 2. The molecule has 44 heavy (non-hydrogen) atoms. The van der Waals surface area contributed by atoms with Crippen molar-refractivity contribution in [1.29, 1.82) is 0 Å². The summed E-state index contributed by atoms with van der Waals surface area (Å²) in [5, 5.41) is 6.02. The average Bonchev–Trinajstić information content (AvgIpc) is 2.99. The molecule has 0 unspecified atom stereocenters. The van der Waals surface area contributed by atoms with Crippen molar-refractivity contribution < 1.29 is 23.5 Å². The number of halogens is 1. The first-order chi connectivity index (χ1) is 21.2. The Morgan fingerprint density at radius 3 is 2.68 bits per heavy atom. The molecule has 5 rings (SSSR count). The minimum absolute atomic E-state index is 0.0412. The van der Waals surface area contributed by atoms with E-state index in [0.717, 1.165) is 25.9 Å². The Hall–Kier alpha value is -3.53. The SMILES string of the molecule is CC(C)NC(=O)C[C@@H]1CCN2C[C@@H]1CCOc1cccc(n1)C(=O)NCC[C@H]1CN(Cc3ccccc3F)CC[C@H]1CC2=O. The maximum absolute atomic E-state index is 14.4. The normalized spacial score (nSPS) is 25.4. The predicted molar refractivity (Wildman–Crippen MR) is 165 cm³/mol. The van der Waals surface area contributed by atoms with Crippen LogP contribution in [0.1, 0.15) is 68.4 Å². The van der Waals surface area contributed by atoms with Crippen LogP contribution in [0.5, 0.6) is 5.88 Å². The smallest absolute Gasteiger partial charge is 0.270 e. The maximum Gasteiger partial charge on any atom is 0.270 e. The molecule has 4 atom stereocenters. The van der Waals surface area contributed by atoms with E-state index in [9.17, 15) is 18.8 Å². The summed E-state index contributed by atoms with van der Waals surface area (Å²) in [5.41, 5.74) is 0.971. The number of carbonyl (C=O) groups is 3. The maximum atomic E-state index is 14.4. The van der Waals surface area contributed by atoms with Crippen molar-refractivity contribution in [1.82, 2.24) is 25.4 Å². The highest BCUT2D eigenvalue weighted by atomic mass is 19.1. The number of pyridine rings is 1. The molecular weight excluding hydrogens is 561 g/mol. The summed E-state index contributed by atoms with van der Waals surface area (Å²) in [6.07, 6.45) is 3.89. The van der Waals surface area contributed by atoms with Crippen molar-refractivity contribution in [3.05, 3.63) is 59.5 Å². The molecule has 3 amide bonds. The largest absolute Gasteiger partial charge is 0.478 e. The molecule has 238 valence electrons. The standard InChI is InChI=1S/C34H46FN5O4/c1-23(2)37-31(41)18-24-12-16-40-22-27(24)13-17-44-32-9-5-8-30(38-32)34(43)36-14-10-26-20-39(15-11-25(26)19-33(40)42)21-28-6-3-4-7-29(28)35/h3-9,23-27H,10-22H2,1-2H3,(H,36,43)(H,37,41)/t24-,25-,26-,27-/m0/s1. The van der Waals surface area contributed by atoms with E-state index in [1.54, 1.807) is 24.3 Å². The zero-order chi connectivity index (χ0) is 31.1. The van der Waals surface area contributed by atoms with Crippen LogP contribution in [0.2, 0.25) is 0 Å². The van der Waals surface area contributed by atoms with Gasteiger partial charge < -0.3 is 20.3 Å². The summed E-state index contributed by atoms with van der Waals surface area (Å²) in [4.78, 5) is 48.1. The molecule has 0 spiro atoms. The predicted octanol–water partition coefficient (Wildman–Crippen LogP) is 4.03. The Bertz CT molecular complexity index is 1310. The monoisotopic (exact) mass is 607 g/mol. The van der Waals surface area contributed by atoms with Gasteiger partial charge in [0.2, 0.25) is 17.7 Å². The van der Waals surface area contributed by atoms with Crippen LogP contribution in [0.3, 0.4) is 0 Å². The summed E-state index contributed by atoms with van der Waals surface area (Å²) in [6.45, 7) is 8.06. The van der Waals surface area contributed by atoms with Crippen LogP contribution < -0.4 is 15.4 Å². The highest BCUT2D eigenvalue weighted by Crippen LogP contribution is 2.34. The van der Waals surface area contributed by atoms with Gasteiger partial charge in [0, 0.05) is 63.2 Å². The van der Waals surface area contributed by atoms with Crippen LogP contribution in [0.25, 0.3) is 0 Å². The number of nitrogens with zero attached hydrogens (tertiary/aromatic N) is 3. The zero-order valence-electron chi connectivity index (χ0n) is 26.0. The number of hydrogen-bond acceptors (Lipinski definition) is 6. The highest BCUT2D eigenvalue weighted by molar-refractivity contribution is 5.92. The fourth-order valence-corrected chi connectivity index (χ4v) is 7.04.